The zero-order chi connectivity index (χ0) is 19.5. The van der Waals surface area contributed by atoms with Gasteiger partial charge in [0, 0.05) is 12.2 Å². The smallest absolute Gasteiger partial charge is 0.276 e. The van der Waals surface area contributed by atoms with E-state index in [4.69, 9.17) is 0 Å². The van der Waals surface area contributed by atoms with Crippen molar-refractivity contribution in [2.75, 3.05) is 26.0 Å². The zero-order valence-electron chi connectivity index (χ0n) is 15.8. The summed E-state index contributed by atoms with van der Waals surface area (Å²) in [7, 11) is 4.15. The molecule has 0 bridgehead atoms. The van der Waals surface area contributed by atoms with Gasteiger partial charge in [-0.2, -0.15) is 5.10 Å². The topological polar surface area (TPSA) is 78.8 Å². The van der Waals surface area contributed by atoms with Gasteiger partial charge in [0.2, 0.25) is 0 Å². The van der Waals surface area contributed by atoms with Gasteiger partial charge in [-0.15, -0.1) is 11.3 Å². The molecule has 0 saturated heterocycles. The van der Waals surface area contributed by atoms with E-state index < -0.39 is 0 Å². The minimum absolute atomic E-state index is 0.246. The molecule has 3 heterocycles. The summed E-state index contributed by atoms with van der Waals surface area (Å²) in [6, 6.07) is 11.5. The molecule has 0 atom stereocenters. The number of rotatable bonds is 7. The van der Waals surface area contributed by atoms with E-state index >= 15 is 0 Å². The molecule has 1 aromatic carbocycles. The van der Waals surface area contributed by atoms with Crippen molar-refractivity contribution in [2.45, 2.75) is 13.0 Å². The van der Waals surface area contributed by atoms with Crippen LogP contribution in [0.25, 0.3) is 21.6 Å². The lowest BCUT2D eigenvalue weighted by Gasteiger charge is -2.10. The molecule has 144 valence electrons. The van der Waals surface area contributed by atoms with Crippen LogP contribution in [0.5, 0.6) is 0 Å². The average Bonchev–Trinajstić information content (AvgIpc) is 3.42. The Balaban J connectivity index is 1.45. The van der Waals surface area contributed by atoms with Crippen molar-refractivity contribution >= 4 is 34.0 Å². The maximum Gasteiger partial charge on any atom is 0.276 e. The number of nitrogens with zero attached hydrogens (tertiary/aromatic N) is 4. The first kappa shape index (κ1) is 18.4. The Morgan fingerprint density at radius 2 is 2.18 bits per heavy atom. The summed E-state index contributed by atoms with van der Waals surface area (Å²) in [5.74, 6) is -0.246. The number of hydrogen-bond acceptors (Lipinski definition) is 5. The number of fused-ring (bicyclic) bond motifs is 1. The minimum Gasteiger partial charge on any atom is -0.331 e. The van der Waals surface area contributed by atoms with E-state index in [0.717, 1.165) is 41.1 Å². The molecule has 0 aliphatic rings. The molecule has 0 fully saturated rings. The van der Waals surface area contributed by atoms with Gasteiger partial charge < -0.3 is 14.8 Å². The molecule has 8 heteroatoms. The van der Waals surface area contributed by atoms with E-state index in [1.165, 1.54) is 0 Å². The number of nitrogens with one attached hydrogen (secondary N) is 2. The zero-order valence-corrected chi connectivity index (χ0v) is 16.7. The Bertz CT molecular complexity index is 1080. The fourth-order valence-corrected chi connectivity index (χ4v) is 3.76. The highest BCUT2D eigenvalue weighted by molar-refractivity contribution is 7.13. The van der Waals surface area contributed by atoms with Crippen LogP contribution in [0, 0.1) is 0 Å². The van der Waals surface area contributed by atoms with Crippen LogP contribution in [-0.4, -0.2) is 51.2 Å². The molecule has 0 radical (unpaired) electrons. The van der Waals surface area contributed by atoms with Crippen LogP contribution in [0.2, 0.25) is 0 Å². The van der Waals surface area contributed by atoms with Gasteiger partial charge in [0.25, 0.3) is 5.91 Å². The van der Waals surface area contributed by atoms with Crippen molar-refractivity contribution < 1.29 is 4.79 Å². The van der Waals surface area contributed by atoms with Gasteiger partial charge in [-0.1, -0.05) is 6.07 Å². The number of hydrogen-bond donors (Lipinski definition) is 2. The Morgan fingerprint density at radius 3 is 2.96 bits per heavy atom. The Labute approximate surface area is 167 Å². The molecule has 4 rings (SSSR count). The minimum atomic E-state index is -0.246. The summed E-state index contributed by atoms with van der Waals surface area (Å²) in [6.45, 7) is 1.95. The first-order chi connectivity index (χ1) is 13.6. The van der Waals surface area contributed by atoms with Crippen molar-refractivity contribution in [3.63, 3.8) is 0 Å². The van der Waals surface area contributed by atoms with Crippen molar-refractivity contribution in [3.8, 4) is 10.6 Å². The number of aromatic amines is 1. The van der Waals surface area contributed by atoms with Crippen LogP contribution in [-0.2, 0) is 6.54 Å². The summed E-state index contributed by atoms with van der Waals surface area (Å²) in [6.07, 6.45) is 2.91. The molecule has 0 aliphatic heterocycles. The highest BCUT2D eigenvalue weighted by Crippen LogP contribution is 2.24. The number of carbonyl (C=O) groups is 1. The fourth-order valence-electron chi connectivity index (χ4n) is 3.07. The van der Waals surface area contributed by atoms with Gasteiger partial charge in [0.15, 0.2) is 5.69 Å². The second kappa shape index (κ2) is 7.95. The lowest BCUT2D eigenvalue weighted by atomic mass is 10.2. The summed E-state index contributed by atoms with van der Waals surface area (Å²) < 4.78 is 2.14. The van der Waals surface area contributed by atoms with E-state index in [2.05, 4.69) is 44.1 Å². The van der Waals surface area contributed by atoms with Crippen molar-refractivity contribution in [2.24, 2.45) is 0 Å². The molecule has 0 aliphatic carbocycles. The van der Waals surface area contributed by atoms with Crippen molar-refractivity contribution in [1.82, 2.24) is 24.6 Å². The lowest BCUT2D eigenvalue weighted by molar-refractivity contribution is 0.102. The predicted molar refractivity (Wildman–Crippen MR) is 113 cm³/mol. The van der Waals surface area contributed by atoms with Gasteiger partial charge in [0.1, 0.15) is 0 Å². The quantitative estimate of drug-likeness (QED) is 0.501. The SMILES string of the molecule is CN(C)CCCn1cnc2cc(NC(=O)c3cc(-c4cccs4)[nH]n3)ccc21. The van der Waals surface area contributed by atoms with Crippen molar-refractivity contribution in [3.05, 3.63) is 53.8 Å². The number of imidazole rings is 1. The van der Waals surface area contributed by atoms with Crippen LogP contribution in [0.1, 0.15) is 16.9 Å². The molecule has 1 amide bonds. The van der Waals surface area contributed by atoms with E-state index in [9.17, 15) is 4.79 Å². The lowest BCUT2D eigenvalue weighted by Crippen LogP contribution is -2.14. The largest absolute Gasteiger partial charge is 0.331 e. The normalized spacial score (nSPS) is 11.4. The van der Waals surface area contributed by atoms with Crippen LogP contribution in [0.4, 0.5) is 5.69 Å². The van der Waals surface area contributed by atoms with E-state index in [1.54, 1.807) is 17.4 Å². The maximum absolute atomic E-state index is 12.5. The number of H-pyrrole nitrogens is 1. The average molecular weight is 395 g/mol. The van der Waals surface area contributed by atoms with Crippen LogP contribution < -0.4 is 5.32 Å². The third-order valence-electron chi connectivity index (χ3n) is 4.48. The van der Waals surface area contributed by atoms with Gasteiger partial charge in [-0.3, -0.25) is 9.89 Å². The molecular formula is C20H22N6OS. The van der Waals surface area contributed by atoms with Crippen LogP contribution in [0.3, 0.4) is 0 Å². The molecule has 28 heavy (non-hydrogen) atoms. The number of benzene rings is 1. The number of aryl methyl sites for hydroxylation is 1. The summed E-state index contributed by atoms with van der Waals surface area (Å²) in [4.78, 5) is 20.2. The summed E-state index contributed by atoms with van der Waals surface area (Å²) in [5, 5.41) is 11.9. The third kappa shape index (κ3) is 3.97. The number of amides is 1. The monoisotopic (exact) mass is 394 g/mol. The molecule has 0 spiro atoms. The fraction of sp³-hybridized carbons (Fsp3) is 0.250. The number of thiophene rings is 1. The van der Waals surface area contributed by atoms with Gasteiger partial charge >= 0.3 is 0 Å². The first-order valence-electron chi connectivity index (χ1n) is 9.10. The number of aromatic nitrogens is 4. The molecule has 3 aromatic heterocycles. The van der Waals surface area contributed by atoms with Gasteiger partial charge in [-0.05, 0) is 62.8 Å². The molecule has 2 N–H and O–H groups in total. The Morgan fingerprint density at radius 1 is 1.29 bits per heavy atom. The maximum atomic E-state index is 12.5. The van der Waals surface area contributed by atoms with Gasteiger partial charge in [-0.25, -0.2) is 4.98 Å². The second-order valence-corrected chi connectivity index (χ2v) is 7.84. The van der Waals surface area contributed by atoms with Crippen LogP contribution >= 0.6 is 11.3 Å². The highest BCUT2D eigenvalue weighted by atomic mass is 32.1. The standard InChI is InChI=1S/C20H22N6OS/c1-25(2)8-4-9-26-13-21-15-11-14(6-7-18(15)26)22-20(27)17-12-16(23-24-17)19-5-3-10-28-19/h3,5-7,10-13H,4,8-9H2,1-2H3,(H,22,27)(H,23,24). The first-order valence-corrected chi connectivity index (χ1v) is 9.98. The van der Waals surface area contributed by atoms with Gasteiger partial charge in [0.05, 0.1) is 27.9 Å². The second-order valence-electron chi connectivity index (χ2n) is 6.90. The summed E-state index contributed by atoms with van der Waals surface area (Å²) >= 11 is 1.60. The Hall–Kier alpha value is -2.97. The van der Waals surface area contributed by atoms with E-state index in [0.29, 0.717) is 11.4 Å². The number of carbonyl (C=O) groups excluding carboxylic acids is 1. The predicted octanol–water partition coefficient (Wildman–Crippen LogP) is 3.69. The highest BCUT2D eigenvalue weighted by Gasteiger charge is 2.13. The van der Waals surface area contributed by atoms with Crippen molar-refractivity contribution in [1.29, 1.82) is 0 Å². The molecule has 0 saturated carbocycles. The van der Waals surface area contributed by atoms with E-state index in [1.807, 2.05) is 42.0 Å². The molecular weight excluding hydrogens is 372 g/mol. The molecule has 4 aromatic rings. The number of anilines is 1. The molecule has 0 unspecified atom stereocenters. The third-order valence-corrected chi connectivity index (χ3v) is 5.38. The van der Waals surface area contributed by atoms with Crippen LogP contribution in [0.15, 0.2) is 48.1 Å². The summed E-state index contributed by atoms with van der Waals surface area (Å²) in [5.41, 5.74) is 3.84. The Kier molecular flexibility index (Phi) is 5.23. The van der Waals surface area contributed by atoms with E-state index in [-0.39, 0.29) is 5.91 Å². The molecule has 7 nitrogen and oxygen atoms in total.